The molecule has 1 amide bonds. The molecule has 0 aliphatic heterocycles. The van der Waals surface area contributed by atoms with E-state index in [1.807, 2.05) is 68.4 Å². The van der Waals surface area contributed by atoms with Crippen LogP contribution in [0.3, 0.4) is 0 Å². The largest absolute Gasteiger partial charge is 0.497 e. The van der Waals surface area contributed by atoms with Crippen LogP contribution in [0.4, 0.5) is 5.69 Å². The highest BCUT2D eigenvalue weighted by Crippen LogP contribution is 2.29. The van der Waals surface area contributed by atoms with Gasteiger partial charge in [0.15, 0.2) is 0 Å². The number of carbonyl (C=O) groups is 1. The van der Waals surface area contributed by atoms with Crippen LogP contribution in [-0.2, 0) is 24.9 Å². The van der Waals surface area contributed by atoms with E-state index in [-0.39, 0.29) is 19.0 Å². The van der Waals surface area contributed by atoms with Crippen molar-refractivity contribution in [3.8, 4) is 5.75 Å². The van der Waals surface area contributed by atoms with Crippen molar-refractivity contribution in [3.05, 3.63) is 104 Å². The fourth-order valence-corrected chi connectivity index (χ4v) is 4.72. The molecule has 5 aromatic rings. The molecule has 188 valence electrons. The molecule has 1 N–H and O–H groups in total. The van der Waals surface area contributed by atoms with Crippen LogP contribution in [0, 0.1) is 13.8 Å². The lowest BCUT2D eigenvalue weighted by Crippen LogP contribution is -2.42. The molecule has 2 heterocycles. The van der Waals surface area contributed by atoms with Gasteiger partial charge in [-0.15, -0.1) is 0 Å². The zero-order chi connectivity index (χ0) is 26.3. The molecule has 0 radical (unpaired) electrons. The monoisotopic (exact) mass is 496 g/mol. The first kappa shape index (κ1) is 24.1. The van der Waals surface area contributed by atoms with Crippen LogP contribution in [0.1, 0.15) is 16.7 Å². The second kappa shape index (κ2) is 9.46. The smallest absolute Gasteiger partial charge is 0.332 e. The molecule has 0 atom stereocenters. The van der Waals surface area contributed by atoms with E-state index in [1.54, 1.807) is 30.9 Å². The molecule has 2 aromatic heterocycles. The standard InChI is InChI=1S/C29H28N4O4/c1-18-10-11-21(14-19(18)2)30-25(34)17-32-26-23-15-22(37-4)12-13-24(23)31(3)27(26)28(35)33(29(32)36)16-20-8-6-5-7-9-20/h5-15H,16-17H2,1-4H3,(H,30,34). The number of ether oxygens (including phenoxy) is 1. The first-order valence-electron chi connectivity index (χ1n) is 12.0. The normalized spacial score (nSPS) is 11.2. The van der Waals surface area contributed by atoms with Gasteiger partial charge in [-0.1, -0.05) is 36.4 Å². The van der Waals surface area contributed by atoms with Crippen LogP contribution in [0.5, 0.6) is 5.75 Å². The number of nitrogens with zero attached hydrogens (tertiary/aromatic N) is 3. The third kappa shape index (κ3) is 4.31. The molecule has 0 aliphatic carbocycles. The molecule has 0 saturated heterocycles. The Balaban J connectivity index is 1.71. The maximum Gasteiger partial charge on any atom is 0.332 e. The average Bonchev–Trinajstić information content (AvgIpc) is 3.18. The van der Waals surface area contributed by atoms with Crippen LogP contribution < -0.4 is 21.3 Å². The highest BCUT2D eigenvalue weighted by atomic mass is 16.5. The van der Waals surface area contributed by atoms with Gasteiger partial charge in [0.2, 0.25) is 5.91 Å². The minimum absolute atomic E-state index is 0.0953. The molecule has 0 unspecified atom stereocenters. The summed E-state index contributed by atoms with van der Waals surface area (Å²) >= 11 is 0. The molecule has 0 bridgehead atoms. The first-order valence-corrected chi connectivity index (χ1v) is 12.0. The van der Waals surface area contributed by atoms with Gasteiger partial charge in [0.1, 0.15) is 17.8 Å². The molecule has 0 saturated carbocycles. The highest BCUT2D eigenvalue weighted by Gasteiger charge is 2.22. The quantitative estimate of drug-likeness (QED) is 0.385. The zero-order valence-electron chi connectivity index (χ0n) is 21.2. The van der Waals surface area contributed by atoms with E-state index in [0.717, 1.165) is 22.2 Å². The van der Waals surface area contributed by atoms with Crippen molar-refractivity contribution in [1.82, 2.24) is 13.7 Å². The topological polar surface area (TPSA) is 87.3 Å². The number of hydrogen-bond acceptors (Lipinski definition) is 4. The van der Waals surface area contributed by atoms with E-state index in [9.17, 15) is 14.4 Å². The van der Waals surface area contributed by atoms with Crippen molar-refractivity contribution in [2.75, 3.05) is 12.4 Å². The predicted octanol–water partition coefficient (Wildman–Crippen LogP) is 3.97. The summed E-state index contributed by atoms with van der Waals surface area (Å²) in [6, 6.07) is 20.4. The van der Waals surface area contributed by atoms with Crippen LogP contribution >= 0.6 is 0 Å². The van der Waals surface area contributed by atoms with Crippen molar-refractivity contribution in [3.63, 3.8) is 0 Å². The maximum atomic E-state index is 13.8. The Morgan fingerprint density at radius 2 is 1.65 bits per heavy atom. The lowest BCUT2D eigenvalue weighted by Gasteiger charge is -2.14. The van der Waals surface area contributed by atoms with Crippen LogP contribution in [0.25, 0.3) is 21.9 Å². The number of amides is 1. The fourth-order valence-electron chi connectivity index (χ4n) is 4.72. The van der Waals surface area contributed by atoms with E-state index in [1.165, 1.54) is 9.13 Å². The molecular formula is C29H28N4O4. The lowest BCUT2D eigenvalue weighted by atomic mass is 10.1. The van der Waals surface area contributed by atoms with Gasteiger partial charge in [-0.2, -0.15) is 0 Å². The maximum absolute atomic E-state index is 13.8. The summed E-state index contributed by atoms with van der Waals surface area (Å²) < 4.78 is 9.75. The van der Waals surface area contributed by atoms with Gasteiger partial charge >= 0.3 is 5.69 Å². The Morgan fingerprint density at radius 1 is 0.892 bits per heavy atom. The summed E-state index contributed by atoms with van der Waals surface area (Å²) in [5.74, 6) is 0.225. The number of aryl methyl sites for hydroxylation is 3. The van der Waals surface area contributed by atoms with Crippen molar-refractivity contribution >= 4 is 33.5 Å². The summed E-state index contributed by atoms with van der Waals surface area (Å²) in [6.07, 6.45) is 0. The van der Waals surface area contributed by atoms with Gasteiger partial charge in [0, 0.05) is 18.1 Å². The number of nitrogens with one attached hydrogen (secondary N) is 1. The third-order valence-electron chi connectivity index (χ3n) is 6.84. The second-order valence-electron chi connectivity index (χ2n) is 9.23. The molecule has 8 heteroatoms. The molecule has 0 spiro atoms. The summed E-state index contributed by atoms with van der Waals surface area (Å²) in [7, 11) is 3.35. The van der Waals surface area contributed by atoms with Gasteiger partial charge in [-0.05, 0) is 60.9 Å². The molecule has 37 heavy (non-hydrogen) atoms. The van der Waals surface area contributed by atoms with Gasteiger partial charge in [0.25, 0.3) is 5.56 Å². The summed E-state index contributed by atoms with van der Waals surface area (Å²) in [5, 5.41) is 3.56. The Bertz CT molecular complexity index is 1780. The Morgan fingerprint density at radius 3 is 2.35 bits per heavy atom. The van der Waals surface area contributed by atoms with E-state index >= 15 is 0 Å². The van der Waals surface area contributed by atoms with Crippen LogP contribution in [-0.4, -0.2) is 26.7 Å². The molecule has 5 rings (SSSR count). The number of hydrogen-bond donors (Lipinski definition) is 1. The summed E-state index contributed by atoms with van der Waals surface area (Å²) in [6.45, 7) is 3.82. The van der Waals surface area contributed by atoms with E-state index < -0.39 is 11.2 Å². The van der Waals surface area contributed by atoms with Crippen molar-refractivity contribution in [2.24, 2.45) is 7.05 Å². The summed E-state index contributed by atoms with van der Waals surface area (Å²) in [5.41, 5.74) is 4.18. The number of anilines is 1. The Kier molecular flexibility index (Phi) is 6.17. The molecular weight excluding hydrogens is 468 g/mol. The molecule has 3 aromatic carbocycles. The number of methoxy groups -OCH3 is 1. The molecule has 0 aliphatic rings. The number of rotatable bonds is 6. The predicted molar refractivity (Wildman–Crippen MR) is 146 cm³/mol. The Hall–Kier alpha value is -4.59. The number of benzene rings is 3. The van der Waals surface area contributed by atoms with Crippen molar-refractivity contribution in [1.29, 1.82) is 0 Å². The lowest BCUT2D eigenvalue weighted by molar-refractivity contribution is -0.116. The first-order chi connectivity index (χ1) is 17.8. The number of fused-ring (bicyclic) bond motifs is 3. The van der Waals surface area contributed by atoms with Gasteiger partial charge in [0.05, 0.1) is 24.7 Å². The minimum atomic E-state index is -0.549. The minimum Gasteiger partial charge on any atom is -0.497 e. The van der Waals surface area contributed by atoms with E-state index in [2.05, 4.69) is 5.32 Å². The highest BCUT2D eigenvalue weighted by molar-refractivity contribution is 6.06. The number of aromatic nitrogens is 3. The van der Waals surface area contributed by atoms with Crippen molar-refractivity contribution in [2.45, 2.75) is 26.9 Å². The van der Waals surface area contributed by atoms with E-state index in [4.69, 9.17) is 4.74 Å². The van der Waals surface area contributed by atoms with E-state index in [0.29, 0.717) is 27.9 Å². The van der Waals surface area contributed by atoms with Gasteiger partial charge in [-0.3, -0.25) is 18.7 Å². The molecule has 8 nitrogen and oxygen atoms in total. The average molecular weight is 497 g/mol. The van der Waals surface area contributed by atoms with Gasteiger partial charge < -0.3 is 14.6 Å². The van der Waals surface area contributed by atoms with Crippen LogP contribution in [0.15, 0.2) is 76.3 Å². The second-order valence-corrected chi connectivity index (χ2v) is 9.23. The Labute approximate surface area is 213 Å². The van der Waals surface area contributed by atoms with Gasteiger partial charge in [-0.25, -0.2) is 4.79 Å². The molecule has 0 fully saturated rings. The number of carbonyl (C=O) groups excluding carboxylic acids is 1. The van der Waals surface area contributed by atoms with Crippen LogP contribution in [0.2, 0.25) is 0 Å². The SMILES string of the molecule is COc1ccc2c(c1)c1c(c(=O)n(Cc3ccccc3)c(=O)n1CC(=O)Nc1ccc(C)c(C)c1)n2C. The van der Waals surface area contributed by atoms with Crippen molar-refractivity contribution < 1.29 is 9.53 Å². The fraction of sp³-hybridized carbons (Fsp3) is 0.207. The zero-order valence-corrected chi connectivity index (χ0v) is 21.2. The summed E-state index contributed by atoms with van der Waals surface area (Å²) in [4.78, 5) is 40.7. The third-order valence-corrected chi connectivity index (χ3v) is 6.84.